The number of hydrogen-bond donors (Lipinski definition) is 2. The van der Waals surface area contributed by atoms with Crippen LogP contribution in [-0.4, -0.2) is 26.2 Å². The molecule has 0 saturated heterocycles. The first-order chi connectivity index (χ1) is 25.4. The van der Waals surface area contributed by atoms with Gasteiger partial charge in [-0.05, 0) is 73.5 Å². The van der Waals surface area contributed by atoms with Gasteiger partial charge in [0, 0.05) is 11.4 Å². The average molecular weight is 824 g/mol. The van der Waals surface area contributed by atoms with Gasteiger partial charge in [-0.2, -0.15) is 10.2 Å². The molecule has 0 unspecified atom stereocenters. The van der Waals surface area contributed by atoms with Crippen molar-refractivity contribution in [2.24, 2.45) is 30.7 Å². The molecule has 283 valence electrons. The van der Waals surface area contributed by atoms with Crippen molar-refractivity contribution in [3.8, 4) is 22.9 Å². The Morgan fingerprint density at radius 2 is 0.909 bits per heavy atom. The van der Waals surface area contributed by atoms with E-state index >= 15 is 0 Å². The molecule has 6 aromatic rings. The Bertz CT molecular complexity index is 2590. The predicted molar refractivity (Wildman–Crippen MR) is 194 cm³/mol. The van der Waals surface area contributed by atoms with Gasteiger partial charge in [-0.1, -0.05) is 61.7 Å². The van der Waals surface area contributed by atoms with Gasteiger partial charge >= 0.3 is 18.8 Å². The minimum atomic E-state index is -4.02. The summed E-state index contributed by atoms with van der Waals surface area (Å²) in [5, 5.41) is 58.0. The van der Waals surface area contributed by atoms with Crippen LogP contribution in [0.25, 0.3) is 11.4 Å². The molecule has 1 radical (unpaired) electrons. The fraction of sp³-hybridized carbons (Fsp3) is 0.118. The molecule has 4 aromatic carbocycles. The molecular formula is C34H31CrN10O8S2. The molecule has 0 aliphatic heterocycles. The standard InChI is InChI=1S/2C17H17N5O4S.Cr/c2*1-10-8-13(14(23)9-15(10)27(18,25)26)19-20-16-11(2)21-22(17(16)24)12-6-4-3-5-7-12;/h2*3-9H,1-2H3,(H4,18,19,20,21,23,24,25,26);/q;;+3/p-3. The van der Waals surface area contributed by atoms with E-state index < -0.39 is 42.7 Å². The third kappa shape index (κ3) is 9.41. The minimum absolute atomic E-state index is 0. The minimum Gasteiger partial charge on any atom is -0.871 e. The summed E-state index contributed by atoms with van der Waals surface area (Å²) >= 11 is 0. The first-order valence-corrected chi connectivity index (χ1v) is 18.6. The Kier molecular flexibility index (Phi) is 12.6. The summed E-state index contributed by atoms with van der Waals surface area (Å²) in [6.45, 7) is 6.16. The SMILES string of the molecule is Cc1cc(N=Nc2c(C)[n-]n(-c3ccccc3)c2=O)c([O-])cc1S(N)(=O)=O.Cc1cc(N=Nc2c(C)[n-]n(-c3ccccc3)c2=O)c([O-])cc1S(N)(=O)=O.[Cr+3].[H+]. The van der Waals surface area contributed by atoms with Crippen molar-refractivity contribution in [2.45, 2.75) is 37.5 Å². The molecule has 0 fully saturated rings. The molecule has 0 aliphatic carbocycles. The van der Waals surface area contributed by atoms with Crippen molar-refractivity contribution in [3.63, 3.8) is 0 Å². The summed E-state index contributed by atoms with van der Waals surface area (Å²) in [5.41, 5.74) is 1.16. The number of primary sulfonamides is 2. The van der Waals surface area contributed by atoms with Crippen molar-refractivity contribution < 1.29 is 45.8 Å². The van der Waals surface area contributed by atoms with Crippen LogP contribution in [0.1, 0.15) is 23.9 Å². The van der Waals surface area contributed by atoms with Crippen LogP contribution < -0.4 is 41.8 Å². The number of para-hydroxylation sites is 2. The van der Waals surface area contributed by atoms with Crippen LogP contribution >= 0.6 is 0 Å². The molecule has 6 rings (SSSR count). The van der Waals surface area contributed by atoms with Gasteiger partial charge < -0.3 is 29.8 Å². The van der Waals surface area contributed by atoms with E-state index in [0.717, 1.165) is 12.1 Å². The van der Waals surface area contributed by atoms with Crippen LogP contribution in [0.5, 0.6) is 11.5 Å². The zero-order valence-electron chi connectivity index (χ0n) is 30.3. The van der Waals surface area contributed by atoms with E-state index in [1.165, 1.54) is 35.3 Å². The molecule has 0 saturated carbocycles. The number of aryl methyl sites for hydroxylation is 4. The molecular weight excluding hydrogens is 793 g/mol. The van der Waals surface area contributed by atoms with E-state index in [0.29, 0.717) is 22.8 Å². The van der Waals surface area contributed by atoms with Gasteiger partial charge in [0.1, 0.15) is 11.4 Å². The third-order valence-electron chi connectivity index (χ3n) is 7.62. The van der Waals surface area contributed by atoms with Gasteiger partial charge in [-0.3, -0.25) is 9.59 Å². The van der Waals surface area contributed by atoms with E-state index in [1.54, 1.807) is 62.4 Å². The van der Waals surface area contributed by atoms with Gasteiger partial charge in [-0.25, -0.2) is 27.1 Å². The smallest absolute Gasteiger partial charge is 0.871 e. The summed E-state index contributed by atoms with van der Waals surface area (Å²) in [6.07, 6.45) is 0. The maximum atomic E-state index is 12.5. The maximum absolute atomic E-state index is 12.5. The van der Waals surface area contributed by atoms with Crippen molar-refractivity contribution in [2.75, 3.05) is 0 Å². The fourth-order valence-electron chi connectivity index (χ4n) is 5.00. The van der Waals surface area contributed by atoms with Crippen LogP contribution in [0.3, 0.4) is 0 Å². The molecule has 55 heavy (non-hydrogen) atoms. The first kappa shape index (κ1) is 41.8. The molecule has 0 spiro atoms. The number of nitrogens with zero attached hydrogens (tertiary/aromatic N) is 8. The first-order valence-electron chi connectivity index (χ1n) is 15.5. The van der Waals surface area contributed by atoms with E-state index in [2.05, 4.69) is 30.7 Å². The van der Waals surface area contributed by atoms with Crippen molar-refractivity contribution in [1.82, 2.24) is 19.6 Å². The molecule has 21 heteroatoms. The second-order valence-electron chi connectivity index (χ2n) is 11.6. The molecule has 0 bridgehead atoms. The Labute approximate surface area is 326 Å². The molecule has 0 atom stereocenters. The summed E-state index contributed by atoms with van der Waals surface area (Å²) in [7, 11) is -8.03. The van der Waals surface area contributed by atoms with Crippen LogP contribution in [0.2, 0.25) is 0 Å². The molecule has 18 nitrogen and oxygen atoms in total. The molecule has 4 N–H and O–H groups in total. The Morgan fingerprint density at radius 1 is 0.582 bits per heavy atom. The summed E-state index contributed by atoms with van der Waals surface area (Å²) in [6, 6.07) is 21.9. The number of nitrogens with two attached hydrogens (primary N) is 2. The number of aromatic nitrogens is 4. The van der Waals surface area contributed by atoms with Gasteiger partial charge in [0.2, 0.25) is 20.0 Å². The normalized spacial score (nSPS) is 11.7. The topological polar surface area (TPSA) is 288 Å². The zero-order valence-corrected chi connectivity index (χ0v) is 32.2. The Morgan fingerprint density at radius 3 is 1.22 bits per heavy atom. The van der Waals surface area contributed by atoms with E-state index in [-0.39, 0.29) is 62.5 Å². The van der Waals surface area contributed by atoms with Crippen LogP contribution in [0.4, 0.5) is 22.7 Å². The zero-order chi connectivity index (χ0) is 39.5. The van der Waals surface area contributed by atoms with E-state index in [1.807, 2.05) is 12.1 Å². The molecule has 0 amide bonds. The fourth-order valence-corrected chi connectivity index (χ4v) is 6.56. The van der Waals surface area contributed by atoms with Crippen molar-refractivity contribution in [3.05, 3.63) is 128 Å². The van der Waals surface area contributed by atoms with E-state index in [9.17, 15) is 36.6 Å². The maximum Gasteiger partial charge on any atom is 3.00 e. The third-order valence-corrected chi connectivity index (χ3v) is 9.72. The van der Waals surface area contributed by atoms with Gasteiger partial charge in [0.05, 0.1) is 21.2 Å². The Balaban J connectivity index is 0.000000290. The average Bonchev–Trinajstić information content (AvgIpc) is 3.57. The summed E-state index contributed by atoms with van der Waals surface area (Å²) < 4.78 is 48.2. The van der Waals surface area contributed by atoms with Gasteiger partial charge in [-0.15, -0.1) is 21.6 Å². The van der Waals surface area contributed by atoms with E-state index in [4.69, 9.17) is 10.3 Å². The van der Waals surface area contributed by atoms with Crippen LogP contribution in [0, 0.1) is 27.7 Å². The van der Waals surface area contributed by atoms with Gasteiger partial charge in [0.15, 0.2) is 0 Å². The number of sulfonamides is 2. The number of azo groups is 2. The second-order valence-corrected chi connectivity index (χ2v) is 14.7. The van der Waals surface area contributed by atoms with Crippen molar-refractivity contribution in [1.29, 1.82) is 0 Å². The summed E-state index contributed by atoms with van der Waals surface area (Å²) in [4.78, 5) is 24.5. The van der Waals surface area contributed by atoms with Crippen molar-refractivity contribution >= 4 is 42.8 Å². The summed E-state index contributed by atoms with van der Waals surface area (Å²) in [5.74, 6) is -1.34. The van der Waals surface area contributed by atoms with Crippen LogP contribution in [-0.2, 0) is 37.4 Å². The molecule has 0 aliphatic rings. The number of benzene rings is 4. The quantitative estimate of drug-likeness (QED) is 0.211. The largest absolute Gasteiger partial charge is 3.00 e. The Hall–Kier alpha value is -5.95. The molecule has 2 aromatic heterocycles. The second kappa shape index (κ2) is 16.6. The monoisotopic (exact) mass is 823 g/mol. The van der Waals surface area contributed by atoms with Crippen LogP contribution in [0.15, 0.2) is 125 Å². The number of rotatable bonds is 8. The number of hydrogen-bond acceptors (Lipinski definition) is 12. The van der Waals surface area contributed by atoms with Gasteiger partial charge in [0.25, 0.3) is 11.1 Å². The predicted octanol–water partition coefficient (Wildman–Crippen LogP) is 3.21. The molecule has 2 heterocycles.